The molecule has 2 atom stereocenters. The summed E-state index contributed by atoms with van der Waals surface area (Å²) in [6.45, 7) is 1.30. The standard InChI is InChI=1S/C9H14N2O2S/c10-4-5-14(12,13)11-6-8-2-1-3-9(8)7-11/h8-9H,1-3,5-7H2. The van der Waals surface area contributed by atoms with Crippen LogP contribution in [0.5, 0.6) is 0 Å². The molecule has 5 heteroatoms. The Labute approximate surface area is 84.6 Å². The van der Waals surface area contributed by atoms with E-state index in [1.807, 2.05) is 0 Å². The molecule has 1 aliphatic carbocycles. The van der Waals surface area contributed by atoms with Crippen molar-refractivity contribution in [2.75, 3.05) is 18.8 Å². The Kier molecular flexibility index (Phi) is 2.50. The van der Waals surface area contributed by atoms with Gasteiger partial charge < -0.3 is 0 Å². The summed E-state index contributed by atoms with van der Waals surface area (Å²) in [5.41, 5.74) is 0. The van der Waals surface area contributed by atoms with Gasteiger partial charge in [-0.1, -0.05) is 6.42 Å². The van der Waals surface area contributed by atoms with Gasteiger partial charge in [0.15, 0.2) is 5.75 Å². The largest absolute Gasteiger partial charge is 0.227 e. The average molecular weight is 214 g/mol. The fraction of sp³-hybridized carbons (Fsp3) is 0.889. The first-order chi connectivity index (χ1) is 6.63. The molecule has 78 valence electrons. The van der Waals surface area contributed by atoms with Crippen LogP contribution in [0.15, 0.2) is 0 Å². The van der Waals surface area contributed by atoms with Gasteiger partial charge in [0.1, 0.15) is 0 Å². The van der Waals surface area contributed by atoms with Crippen molar-refractivity contribution in [2.24, 2.45) is 11.8 Å². The van der Waals surface area contributed by atoms with Gasteiger partial charge in [-0.3, -0.25) is 0 Å². The van der Waals surface area contributed by atoms with Crippen molar-refractivity contribution in [1.82, 2.24) is 4.31 Å². The van der Waals surface area contributed by atoms with E-state index in [-0.39, 0.29) is 5.75 Å². The quantitative estimate of drug-likeness (QED) is 0.675. The molecule has 4 nitrogen and oxygen atoms in total. The van der Waals surface area contributed by atoms with E-state index in [0.29, 0.717) is 24.9 Å². The first kappa shape index (κ1) is 9.94. The summed E-state index contributed by atoms with van der Waals surface area (Å²) < 4.78 is 24.6. The summed E-state index contributed by atoms with van der Waals surface area (Å²) in [5, 5.41) is 8.41. The molecule has 2 rings (SSSR count). The SMILES string of the molecule is N#CCS(=O)(=O)N1CC2CCCC2C1. The minimum Gasteiger partial charge on any atom is -0.211 e. The maximum Gasteiger partial charge on any atom is 0.227 e. The molecule has 0 radical (unpaired) electrons. The third-order valence-corrected chi connectivity index (χ3v) is 4.91. The van der Waals surface area contributed by atoms with Crippen molar-refractivity contribution in [3.8, 4) is 6.07 Å². The molecule has 0 aromatic heterocycles. The van der Waals surface area contributed by atoms with Crippen LogP contribution in [-0.4, -0.2) is 31.6 Å². The van der Waals surface area contributed by atoms with E-state index in [4.69, 9.17) is 5.26 Å². The molecule has 2 unspecified atom stereocenters. The number of rotatable bonds is 2. The smallest absolute Gasteiger partial charge is 0.211 e. The van der Waals surface area contributed by atoms with Crippen LogP contribution in [0.1, 0.15) is 19.3 Å². The Bertz CT molecular complexity index is 345. The Morgan fingerprint density at radius 2 is 1.86 bits per heavy atom. The molecule has 0 N–H and O–H groups in total. The minimum atomic E-state index is -3.28. The normalized spacial score (nSPS) is 32.8. The van der Waals surface area contributed by atoms with Crippen LogP contribution >= 0.6 is 0 Å². The molecule has 0 bridgehead atoms. The van der Waals surface area contributed by atoms with E-state index in [1.165, 1.54) is 10.7 Å². The number of nitriles is 1. The highest BCUT2D eigenvalue weighted by atomic mass is 32.2. The van der Waals surface area contributed by atoms with E-state index in [1.54, 1.807) is 6.07 Å². The van der Waals surface area contributed by atoms with Gasteiger partial charge in [0.05, 0.1) is 6.07 Å². The molecular weight excluding hydrogens is 200 g/mol. The number of hydrogen-bond acceptors (Lipinski definition) is 3. The Hall–Kier alpha value is -0.600. The number of hydrogen-bond donors (Lipinski definition) is 0. The van der Waals surface area contributed by atoms with E-state index >= 15 is 0 Å². The first-order valence-electron chi connectivity index (χ1n) is 4.98. The number of sulfonamides is 1. The van der Waals surface area contributed by atoms with Crippen LogP contribution < -0.4 is 0 Å². The second-order valence-corrected chi connectivity index (χ2v) is 6.15. The fourth-order valence-electron chi connectivity index (χ4n) is 2.59. The van der Waals surface area contributed by atoms with E-state index in [9.17, 15) is 8.42 Å². The monoisotopic (exact) mass is 214 g/mol. The first-order valence-corrected chi connectivity index (χ1v) is 6.59. The molecule has 1 heterocycles. The number of fused-ring (bicyclic) bond motifs is 1. The summed E-state index contributed by atoms with van der Waals surface area (Å²) >= 11 is 0. The zero-order valence-electron chi connectivity index (χ0n) is 8.02. The van der Waals surface area contributed by atoms with Crippen LogP contribution in [0.25, 0.3) is 0 Å². The third-order valence-electron chi connectivity index (χ3n) is 3.33. The van der Waals surface area contributed by atoms with Crippen molar-refractivity contribution in [3.05, 3.63) is 0 Å². The van der Waals surface area contributed by atoms with Crippen LogP contribution in [0.4, 0.5) is 0 Å². The van der Waals surface area contributed by atoms with Gasteiger partial charge in [-0.05, 0) is 24.7 Å². The zero-order chi connectivity index (χ0) is 10.2. The van der Waals surface area contributed by atoms with Crippen molar-refractivity contribution in [2.45, 2.75) is 19.3 Å². The molecule has 0 aromatic carbocycles. The lowest BCUT2D eigenvalue weighted by Crippen LogP contribution is -2.31. The highest BCUT2D eigenvalue weighted by Crippen LogP contribution is 2.38. The molecule has 0 amide bonds. The molecule has 2 fully saturated rings. The second kappa shape index (κ2) is 3.52. The predicted molar refractivity (Wildman–Crippen MR) is 51.8 cm³/mol. The van der Waals surface area contributed by atoms with Crippen LogP contribution in [0, 0.1) is 23.2 Å². The fourth-order valence-corrected chi connectivity index (χ4v) is 3.77. The Morgan fingerprint density at radius 1 is 1.29 bits per heavy atom. The summed E-state index contributed by atoms with van der Waals surface area (Å²) in [6, 6.07) is 1.72. The lowest BCUT2D eigenvalue weighted by atomic mass is 10.0. The number of nitrogens with zero attached hydrogens (tertiary/aromatic N) is 2. The van der Waals surface area contributed by atoms with Crippen LogP contribution in [0.3, 0.4) is 0 Å². The van der Waals surface area contributed by atoms with Gasteiger partial charge in [-0.2, -0.15) is 5.26 Å². The lowest BCUT2D eigenvalue weighted by Gasteiger charge is -2.14. The molecule has 1 aliphatic heterocycles. The summed E-state index contributed by atoms with van der Waals surface area (Å²) in [6.07, 6.45) is 3.55. The second-order valence-electron chi connectivity index (χ2n) is 4.18. The molecule has 0 aromatic rings. The van der Waals surface area contributed by atoms with Crippen molar-refractivity contribution < 1.29 is 8.42 Å². The molecule has 1 saturated carbocycles. The Morgan fingerprint density at radius 3 is 2.36 bits per heavy atom. The summed E-state index contributed by atoms with van der Waals surface area (Å²) in [4.78, 5) is 0. The van der Waals surface area contributed by atoms with Gasteiger partial charge >= 0.3 is 0 Å². The Balaban J connectivity index is 2.06. The maximum absolute atomic E-state index is 11.6. The topological polar surface area (TPSA) is 61.2 Å². The highest BCUT2D eigenvalue weighted by Gasteiger charge is 2.40. The molecule has 2 aliphatic rings. The van der Waals surface area contributed by atoms with Crippen LogP contribution in [-0.2, 0) is 10.0 Å². The lowest BCUT2D eigenvalue weighted by molar-refractivity contribution is 0.448. The molecule has 0 spiro atoms. The highest BCUT2D eigenvalue weighted by molar-refractivity contribution is 7.89. The van der Waals surface area contributed by atoms with Gasteiger partial charge in [-0.25, -0.2) is 12.7 Å². The van der Waals surface area contributed by atoms with E-state index < -0.39 is 10.0 Å². The van der Waals surface area contributed by atoms with Gasteiger partial charge in [0.2, 0.25) is 10.0 Å². The molecule has 1 saturated heterocycles. The zero-order valence-corrected chi connectivity index (χ0v) is 8.83. The predicted octanol–water partition coefficient (Wildman–Crippen LogP) is 0.572. The average Bonchev–Trinajstić information content (AvgIpc) is 2.60. The molecular formula is C9H14N2O2S. The van der Waals surface area contributed by atoms with Crippen molar-refractivity contribution in [1.29, 1.82) is 5.26 Å². The van der Waals surface area contributed by atoms with E-state index in [0.717, 1.165) is 12.8 Å². The van der Waals surface area contributed by atoms with E-state index in [2.05, 4.69) is 0 Å². The maximum atomic E-state index is 11.6. The van der Waals surface area contributed by atoms with Crippen molar-refractivity contribution >= 4 is 10.0 Å². The summed E-state index contributed by atoms with van der Waals surface area (Å²) in [7, 11) is -3.28. The van der Waals surface area contributed by atoms with Gasteiger partial charge in [-0.15, -0.1) is 0 Å². The van der Waals surface area contributed by atoms with Crippen molar-refractivity contribution in [3.63, 3.8) is 0 Å². The molecule has 14 heavy (non-hydrogen) atoms. The minimum absolute atomic E-state index is 0.369. The third kappa shape index (κ3) is 1.64. The van der Waals surface area contributed by atoms with Gasteiger partial charge in [0.25, 0.3) is 0 Å². The summed E-state index contributed by atoms with van der Waals surface area (Å²) in [5.74, 6) is 0.749. The van der Waals surface area contributed by atoms with Gasteiger partial charge in [0, 0.05) is 13.1 Å². The van der Waals surface area contributed by atoms with Crippen LogP contribution in [0.2, 0.25) is 0 Å².